The number of nitrogens with one attached hydrogen (secondary N) is 2. The molecule has 2 heterocycles. The minimum atomic E-state index is 0.568. The molecule has 10 heavy (non-hydrogen) atoms. The summed E-state index contributed by atoms with van der Waals surface area (Å²) in [5.74, 6) is 0. The molecule has 0 saturated carbocycles. The molecule has 54 valence electrons. The fraction of sp³-hybridized carbons (Fsp3) is 0.500. The number of hydrogen-bond donors (Lipinski definition) is 2. The maximum Gasteiger partial charge on any atom is 0.0493 e. The van der Waals surface area contributed by atoms with Gasteiger partial charge in [-0.05, 0) is 30.8 Å². The second-order valence-electron chi connectivity index (χ2n) is 2.74. The monoisotopic (exact) mass is 136 g/mol. The van der Waals surface area contributed by atoms with Gasteiger partial charge < -0.3 is 10.6 Å². The van der Waals surface area contributed by atoms with E-state index in [4.69, 9.17) is 0 Å². The molecule has 0 amide bonds. The van der Waals surface area contributed by atoms with E-state index >= 15 is 0 Å². The van der Waals surface area contributed by atoms with Crippen LogP contribution in [0.5, 0.6) is 0 Å². The molecule has 2 rings (SSSR count). The zero-order valence-electron chi connectivity index (χ0n) is 5.93. The summed E-state index contributed by atoms with van der Waals surface area (Å²) in [7, 11) is 0. The van der Waals surface area contributed by atoms with Crippen LogP contribution < -0.4 is 10.6 Å². The third kappa shape index (κ3) is 0.948. The quantitative estimate of drug-likeness (QED) is 0.503. The van der Waals surface area contributed by atoms with Crippen LogP contribution in [0.25, 0.3) is 0 Å². The summed E-state index contributed by atoms with van der Waals surface area (Å²) in [5.41, 5.74) is 1.45. The van der Waals surface area contributed by atoms with Gasteiger partial charge in [0.05, 0.1) is 0 Å². The van der Waals surface area contributed by atoms with Gasteiger partial charge in [-0.2, -0.15) is 0 Å². The van der Waals surface area contributed by atoms with Crippen molar-refractivity contribution in [2.75, 3.05) is 13.1 Å². The summed E-state index contributed by atoms with van der Waals surface area (Å²) in [6.45, 7) is 2.17. The SMILES string of the molecule is C1=CC2=CCCNC2CN1. The normalized spacial score (nSPS) is 30.4. The Balaban J connectivity index is 2.21. The molecular formula is C8H12N2. The van der Waals surface area contributed by atoms with Gasteiger partial charge in [-0.3, -0.25) is 0 Å². The highest BCUT2D eigenvalue weighted by Gasteiger charge is 2.15. The molecule has 0 fully saturated rings. The first kappa shape index (κ1) is 5.98. The Hall–Kier alpha value is -0.760. The molecule has 2 N–H and O–H groups in total. The Morgan fingerprint density at radius 3 is 3.40 bits per heavy atom. The highest BCUT2D eigenvalue weighted by molar-refractivity contribution is 5.29. The highest BCUT2D eigenvalue weighted by Crippen LogP contribution is 2.12. The molecular weight excluding hydrogens is 124 g/mol. The van der Waals surface area contributed by atoms with Crippen molar-refractivity contribution in [2.45, 2.75) is 12.5 Å². The summed E-state index contributed by atoms with van der Waals surface area (Å²) < 4.78 is 0. The van der Waals surface area contributed by atoms with Gasteiger partial charge in [0.15, 0.2) is 0 Å². The van der Waals surface area contributed by atoms with Crippen molar-refractivity contribution >= 4 is 0 Å². The van der Waals surface area contributed by atoms with Crippen LogP contribution in [-0.4, -0.2) is 19.1 Å². The number of rotatable bonds is 0. The topological polar surface area (TPSA) is 24.1 Å². The first-order valence-corrected chi connectivity index (χ1v) is 3.80. The third-order valence-corrected chi connectivity index (χ3v) is 2.03. The zero-order valence-corrected chi connectivity index (χ0v) is 5.93. The number of hydrogen-bond acceptors (Lipinski definition) is 2. The standard InChI is InChI=1S/C8H12N2/c1-2-7-3-5-9-6-8(7)10-4-1/h2-3,5,8-10H,1,4,6H2. The van der Waals surface area contributed by atoms with Crippen molar-refractivity contribution < 1.29 is 0 Å². The molecule has 2 aliphatic heterocycles. The second-order valence-corrected chi connectivity index (χ2v) is 2.74. The maximum absolute atomic E-state index is 3.44. The molecule has 1 atom stereocenters. The van der Waals surface area contributed by atoms with E-state index < -0.39 is 0 Å². The van der Waals surface area contributed by atoms with Crippen LogP contribution in [-0.2, 0) is 0 Å². The average molecular weight is 136 g/mol. The molecule has 2 heteroatoms. The largest absolute Gasteiger partial charge is 0.389 e. The predicted molar refractivity (Wildman–Crippen MR) is 41.6 cm³/mol. The van der Waals surface area contributed by atoms with E-state index in [1.807, 2.05) is 6.20 Å². The van der Waals surface area contributed by atoms with E-state index in [-0.39, 0.29) is 0 Å². The van der Waals surface area contributed by atoms with Gasteiger partial charge in [0.2, 0.25) is 0 Å². The second kappa shape index (κ2) is 2.46. The van der Waals surface area contributed by atoms with Crippen LogP contribution in [0, 0.1) is 0 Å². The molecule has 0 radical (unpaired) electrons. The van der Waals surface area contributed by atoms with Gasteiger partial charge in [0, 0.05) is 12.6 Å². The fourth-order valence-corrected chi connectivity index (χ4v) is 1.47. The lowest BCUT2D eigenvalue weighted by molar-refractivity contribution is 0.530. The molecule has 0 aliphatic carbocycles. The fourth-order valence-electron chi connectivity index (χ4n) is 1.47. The van der Waals surface area contributed by atoms with E-state index in [0.717, 1.165) is 13.1 Å². The lowest BCUT2D eigenvalue weighted by Crippen LogP contribution is -2.42. The van der Waals surface area contributed by atoms with Crippen molar-refractivity contribution in [1.29, 1.82) is 0 Å². The Kier molecular flexibility index (Phi) is 1.47. The Morgan fingerprint density at radius 2 is 2.50 bits per heavy atom. The van der Waals surface area contributed by atoms with Gasteiger partial charge in [0.1, 0.15) is 0 Å². The van der Waals surface area contributed by atoms with Crippen LogP contribution >= 0.6 is 0 Å². The van der Waals surface area contributed by atoms with Crippen LogP contribution in [0.4, 0.5) is 0 Å². The first-order valence-electron chi connectivity index (χ1n) is 3.80. The highest BCUT2D eigenvalue weighted by atomic mass is 15.0. The van der Waals surface area contributed by atoms with Crippen molar-refractivity contribution in [3.63, 3.8) is 0 Å². The van der Waals surface area contributed by atoms with Crippen LogP contribution in [0.3, 0.4) is 0 Å². The molecule has 0 saturated heterocycles. The van der Waals surface area contributed by atoms with Gasteiger partial charge in [-0.1, -0.05) is 6.08 Å². The van der Waals surface area contributed by atoms with E-state index in [1.54, 1.807) is 0 Å². The molecule has 2 aliphatic rings. The van der Waals surface area contributed by atoms with Gasteiger partial charge in [-0.25, -0.2) is 0 Å². The van der Waals surface area contributed by atoms with Gasteiger partial charge >= 0.3 is 0 Å². The van der Waals surface area contributed by atoms with Crippen molar-refractivity contribution in [1.82, 2.24) is 10.6 Å². The minimum absolute atomic E-state index is 0.568. The molecule has 2 nitrogen and oxygen atoms in total. The Bertz CT molecular complexity index is 182. The van der Waals surface area contributed by atoms with Crippen molar-refractivity contribution in [3.05, 3.63) is 23.9 Å². The molecule has 1 unspecified atom stereocenters. The zero-order chi connectivity index (χ0) is 6.81. The summed E-state index contributed by atoms with van der Waals surface area (Å²) >= 11 is 0. The first-order chi connectivity index (χ1) is 4.97. The Morgan fingerprint density at radius 1 is 1.50 bits per heavy atom. The van der Waals surface area contributed by atoms with E-state index in [0.29, 0.717) is 6.04 Å². The van der Waals surface area contributed by atoms with Crippen molar-refractivity contribution in [3.8, 4) is 0 Å². The summed E-state index contributed by atoms with van der Waals surface area (Å²) in [5, 5.41) is 6.64. The molecule has 0 spiro atoms. The molecule has 0 aromatic rings. The number of fused-ring (bicyclic) bond motifs is 1. The lowest BCUT2D eigenvalue weighted by Gasteiger charge is -2.26. The third-order valence-electron chi connectivity index (χ3n) is 2.03. The van der Waals surface area contributed by atoms with Gasteiger partial charge in [0.25, 0.3) is 0 Å². The predicted octanol–water partition coefficient (Wildman–Crippen LogP) is 0.392. The minimum Gasteiger partial charge on any atom is -0.389 e. The van der Waals surface area contributed by atoms with E-state index in [9.17, 15) is 0 Å². The summed E-state index contributed by atoms with van der Waals surface area (Å²) in [6, 6.07) is 0.568. The average Bonchev–Trinajstić information content (AvgIpc) is 2.05. The lowest BCUT2D eigenvalue weighted by atomic mass is 10.0. The van der Waals surface area contributed by atoms with Gasteiger partial charge in [-0.15, -0.1) is 0 Å². The summed E-state index contributed by atoms with van der Waals surface area (Å²) in [4.78, 5) is 0. The van der Waals surface area contributed by atoms with Crippen LogP contribution in [0.1, 0.15) is 6.42 Å². The summed E-state index contributed by atoms with van der Waals surface area (Å²) in [6.07, 6.45) is 7.67. The van der Waals surface area contributed by atoms with Crippen LogP contribution in [0.2, 0.25) is 0 Å². The van der Waals surface area contributed by atoms with E-state index in [2.05, 4.69) is 22.8 Å². The smallest absolute Gasteiger partial charge is 0.0493 e. The molecule has 0 aromatic heterocycles. The van der Waals surface area contributed by atoms with Crippen molar-refractivity contribution in [2.24, 2.45) is 0 Å². The Labute approximate surface area is 61.0 Å². The van der Waals surface area contributed by atoms with Crippen LogP contribution in [0.15, 0.2) is 23.9 Å². The maximum atomic E-state index is 3.44. The van der Waals surface area contributed by atoms with E-state index in [1.165, 1.54) is 12.0 Å². The molecule has 0 aromatic carbocycles. The molecule has 0 bridgehead atoms.